The number of Topliss-reactive ketones (excluding diaryl/α,β-unsaturated/α-hetero) is 1. The Morgan fingerprint density at radius 2 is 1.55 bits per heavy atom. The number of aromatic nitrogens is 2. The van der Waals surface area contributed by atoms with Gasteiger partial charge in [0, 0.05) is 6.42 Å². The Kier molecular flexibility index (Phi) is 5.59. The van der Waals surface area contributed by atoms with Gasteiger partial charge < -0.3 is 18.9 Å². The molecule has 0 saturated heterocycles. The molecule has 31 heavy (non-hydrogen) atoms. The highest BCUT2D eigenvalue weighted by Gasteiger charge is 2.33. The number of fused-ring (bicyclic) bond motifs is 1. The second-order valence-electron chi connectivity index (χ2n) is 7.50. The maximum atomic E-state index is 13.1. The van der Waals surface area contributed by atoms with Crippen molar-refractivity contribution in [3.05, 3.63) is 58.9 Å². The van der Waals surface area contributed by atoms with Crippen LogP contribution in [0.15, 0.2) is 36.4 Å². The number of hydrogen-bond acceptors (Lipinski definition) is 6. The van der Waals surface area contributed by atoms with Crippen molar-refractivity contribution in [3.8, 4) is 28.7 Å². The average Bonchev–Trinajstić information content (AvgIpc) is 3.14. The van der Waals surface area contributed by atoms with Gasteiger partial charge in [0.25, 0.3) is 0 Å². The molecule has 0 aliphatic heterocycles. The van der Waals surface area contributed by atoms with E-state index >= 15 is 0 Å². The van der Waals surface area contributed by atoms with Crippen molar-refractivity contribution in [3.63, 3.8) is 0 Å². The molecule has 0 spiro atoms. The molecule has 162 valence electrons. The normalized spacial score (nSPS) is 15.4. The predicted octanol–water partition coefficient (Wildman–Crippen LogP) is 4.13. The minimum absolute atomic E-state index is 0.0261. The Morgan fingerprint density at radius 1 is 0.903 bits per heavy atom. The van der Waals surface area contributed by atoms with E-state index in [2.05, 4.69) is 5.10 Å². The van der Waals surface area contributed by atoms with Crippen LogP contribution in [0.2, 0.25) is 0 Å². The van der Waals surface area contributed by atoms with Crippen molar-refractivity contribution in [2.45, 2.75) is 25.7 Å². The van der Waals surface area contributed by atoms with Crippen LogP contribution in [0, 0.1) is 6.92 Å². The molecule has 0 fully saturated rings. The molecule has 1 aliphatic carbocycles. The van der Waals surface area contributed by atoms with Crippen LogP contribution in [0.1, 0.15) is 39.6 Å². The zero-order valence-electron chi connectivity index (χ0n) is 18.4. The van der Waals surface area contributed by atoms with Crippen LogP contribution in [-0.4, -0.2) is 44.0 Å². The molecule has 1 atom stereocenters. The van der Waals surface area contributed by atoms with Crippen LogP contribution < -0.4 is 18.9 Å². The number of nitrogens with zero attached hydrogens (tertiary/aromatic N) is 2. The molecule has 7 nitrogen and oxygen atoms in total. The van der Waals surface area contributed by atoms with Crippen LogP contribution in [0.3, 0.4) is 0 Å². The van der Waals surface area contributed by atoms with E-state index in [1.807, 2.05) is 48.0 Å². The van der Waals surface area contributed by atoms with Gasteiger partial charge >= 0.3 is 0 Å². The van der Waals surface area contributed by atoms with Gasteiger partial charge in [-0.05, 0) is 61.2 Å². The van der Waals surface area contributed by atoms with Crippen molar-refractivity contribution in [2.75, 3.05) is 28.4 Å². The summed E-state index contributed by atoms with van der Waals surface area (Å²) >= 11 is 0. The lowest BCUT2D eigenvalue weighted by molar-refractivity contribution is 0.0963. The van der Waals surface area contributed by atoms with Gasteiger partial charge in [0.1, 0.15) is 5.75 Å². The van der Waals surface area contributed by atoms with Crippen LogP contribution in [0.4, 0.5) is 0 Å². The Labute approximate surface area is 181 Å². The molecule has 0 N–H and O–H groups in total. The van der Waals surface area contributed by atoms with Crippen molar-refractivity contribution >= 4 is 5.78 Å². The summed E-state index contributed by atoms with van der Waals surface area (Å²) in [6, 6.07) is 11.5. The second kappa shape index (κ2) is 8.34. The van der Waals surface area contributed by atoms with Crippen LogP contribution in [0.5, 0.6) is 23.0 Å². The SMILES string of the molecule is COc1ccc(-n2nc(C)c3c2CC(c2cc(OC)c(OC)c(OC)c2)CC3=O)cc1. The fraction of sp³-hybridized carbons (Fsp3) is 0.333. The molecular weight excluding hydrogens is 396 g/mol. The maximum absolute atomic E-state index is 13.1. The summed E-state index contributed by atoms with van der Waals surface area (Å²) in [5.74, 6) is 2.53. The summed E-state index contributed by atoms with van der Waals surface area (Å²) in [4.78, 5) is 13.1. The van der Waals surface area contributed by atoms with Gasteiger partial charge in [0.05, 0.1) is 51.1 Å². The lowest BCUT2D eigenvalue weighted by Crippen LogP contribution is -2.20. The molecule has 1 unspecified atom stereocenters. The molecule has 0 saturated carbocycles. The topological polar surface area (TPSA) is 71.8 Å². The molecule has 3 aromatic rings. The standard InChI is InChI=1S/C24H26N2O5/c1-14-23-19(26(25-14)17-6-8-18(28-2)9-7-17)10-15(11-20(23)27)16-12-21(29-3)24(31-5)22(13-16)30-4/h6-9,12-13,15H,10-11H2,1-5H3. The highest BCUT2D eigenvalue weighted by molar-refractivity contribution is 6.00. The van der Waals surface area contributed by atoms with E-state index < -0.39 is 0 Å². The van der Waals surface area contributed by atoms with Gasteiger partial charge in [0.15, 0.2) is 17.3 Å². The van der Waals surface area contributed by atoms with Gasteiger partial charge in [-0.15, -0.1) is 0 Å². The van der Waals surface area contributed by atoms with Gasteiger partial charge in [-0.25, -0.2) is 4.68 Å². The Hall–Kier alpha value is -3.48. The van der Waals surface area contributed by atoms with Gasteiger partial charge in [-0.3, -0.25) is 4.79 Å². The van der Waals surface area contributed by atoms with Crippen LogP contribution in [-0.2, 0) is 6.42 Å². The summed E-state index contributed by atoms with van der Waals surface area (Å²) in [6.45, 7) is 1.89. The second-order valence-corrected chi connectivity index (χ2v) is 7.50. The third kappa shape index (κ3) is 3.60. The number of carbonyl (C=O) groups excluding carboxylic acids is 1. The fourth-order valence-corrected chi connectivity index (χ4v) is 4.27. The molecule has 0 amide bonds. The van der Waals surface area contributed by atoms with Crippen LogP contribution >= 0.6 is 0 Å². The van der Waals surface area contributed by atoms with E-state index in [0.717, 1.165) is 34.0 Å². The van der Waals surface area contributed by atoms with E-state index in [1.165, 1.54) is 0 Å². The fourth-order valence-electron chi connectivity index (χ4n) is 4.27. The molecule has 4 rings (SSSR count). The first-order chi connectivity index (χ1) is 15.0. The lowest BCUT2D eigenvalue weighted by Gasteiger charge is -2.24. The lowest BCUT2D eigenvalue weighted by atomic mass is 9.81. The molecule has 7 heteroatoms. The minimum Gasteiger partial charge on any atom is -0.497 e. The molecule has 0 radical (unpaired) electrons. The van der Waals surface area contributed by atoms with E-state index in [9.17, 15) is 4.79 Å². The summed E-state index contributed by atoms with van der Waals surface area (Å²) < 4.78 is 23.6. The highest BCUT2D eigenvalue weighted by Crippen LogP contribution is 2.43. The largest absolute Gasteiger partial charge is 0.497 e. The minimum atomic E-state index is -0.0261. The molecule has 1 heterocycles. The van der Waals surface area contributed by atoms with Gasteiger partial charge in [-0.1, -0.05) is 0 Å². The number of carbonyl (C=O) groups is 1. The van der Waals surface area contributed by atoms with E-state index in [4.69, 9.17) is 18.9 Å². The first kappa shape index (κ1) is 20.8. The van der Waals surface area contributed by atoms with E-state index in [-0.39, 0.29) is 11.7 Å². The Bertz CT molecular complexity index is 1090. The summed E-state index contributed by atoms with van der Waals surface area (Å²) in [6.07, 6.45) is 1.08. The first-order valence-corrected chi connectivity index (χ1v) is 10.1. The third-order valence-corrected chi connectivity index (χ3v) is 5.78. The summed E-state index contributed by atoms with van der Waals surface area (Å²) in [5.41, 5.74) is 4.24. The zero-order valence-corrected chi connectivity index (χ0v) is 18.4. The van der Waals surface area contributed by atoms with Crippen molar-refractivity contribution < 1.29 is 23.7 Å². The summed E-state index contributed by atoms with van der Waals surface area (Å²) in [7, 11) is 6.39. The van der Waals surface area contributed by atoms with Crippen LogP contribution in [0.25, 0.3) is 5.69 Å². The van der Waals surface area contributed by atoms with Crippen molar-refractivity contribution in [2.24, 2.45) is 0 Å². The molecular formula is C24H26N2O5. The van der Waals surface area contributed by atoms with Crippen molar-refractivity contribution in [1.29, 1.82) is 0 Å². The molecule has 1 aliphatic rings. The number of ether oxygens (including phenoxy) is 4. The van der Waals surface area contributed by atoms with Gasteiger partial charge in [-0.2, -0.15) is 5.10 Å². The number of hydrogen-bond donors (Lipinski definition) is 0. The molecule has 2 aromatic carbocycles. The van der Waals surface area contributed by atoms with Crippen molar-refractivity contribution in [1.82, 2.24) is 9.78 Å². The number of ketones is 1. The zero-order chi connectivity index (χ0) is 22.1. The van der Waals surface area contributed by atoms with E-state index in [1.54, 1.807) is 28.4 Å². The monoisotopic (exact) mass is 422 g/mol. The van der Waals surface area contributed by atoms with Gasteiger partial charge in [0.2, 0.25) is 5.75 Å². The quantitative estimate of drug-likeness (QED) is 0.595. The molecule has 1 aromatic heterocycles. The smallest absolute Gasteiger partial charge is 0.203 e. The maximum Gasteiger partial charge on any atom is 0.203 e. The Balaban J connectivity index is 1.77. The number of aryl methyl sites for hydroxylation is 1. The third-order valence-electron chi connectivity index (χ3n) is 5.78. The van der Waals surface area contributed by atoms with E-state index in [0.29, 0.717) is 30.1 Å². The summed E-state index contributed by atoms with van der Waals surface area (Å²) in [5, 5.41) is 4.68. The Morgan fingerprint density at radius 3 is 2.10 bits per heavy atom. The first-order valence-electron chi connectivity index (χ1n) is 10.1. The predicted molar refractivity (Wildman–Crippen MR) is 116 cm³/mol. The number of methoxy groups -OCH3 is 4. The highest BCUT2D eigenvalue weighted by atomic mass is 16.5. The molecule has 0 bridgehead atoms. The number of rotatable bonds is 6. The number of benzene rings is 2. The average molecular weight is 422 g/mol.